The molecule has 1 aromatic heterocycles. The van der Waals surface area contributed by atoms with Crippen molar-refractivity contribution >= 4 is 11.0 Å². The Morgan fingerprint density at radius 1 is 1.19 bits per heavy atom. The Hall–Kier alpha value is -1.35. The van der Waals surface area contributed by atoms with E-state index >= 15 is 0 Å². The second kappa shape index (κ2) is 8.18. The van der Waals surface area contributed by atoms with E-state index in [-0.39, 0.29) is 0 Å². The van der Waals surface area contributed by atoms with Gasteiger partial charge in [0.15, 0.2) is 0 Å². The van der Waals surface area contributed by atoms with E-state index in [0.29, 0.717) is 6.04 Å². The molecule has 1 aromatic carbocycles. The number of nitrogens with zero attached hydrogens (tertiary/aromatic N) is 2. The lowest BCUT2D eigenvalue weighted by Gasteiger charge is -2.17. The molecular formula is C18H29N3. The van der Waals surface area contributed by atoms with Gasteiger partial charge < -0.3 is 9.88 Å². The van der Waals surface area contributed by atoms with Gasteiger partial charge in [0, 0.05) is 19.0 Å². The Balaban J connectivity index is 1.99. The standard InChI is InChI=1S/C18H29N3/c1-4-13-19-15(5-2)10-9-14-21-17-12-8-7-11-16(17)20-18(21)6-3/h7-8,11-12,15,19H,4-6,9-10,13-14H2,1-3H3. The van der Waals surface area contributed by atoms with Crippen LogP contribution in [0.4, 0.5) is 0 Å². The molecule has 2 aromatic rings. The van der Waals surface area contributed by atoms with E-state index in [1.165, 1.54) is 37.0 Å². The lowest BCUT2D eigenvalue weighted by Crippen LogP contribution is -2.29. The van der Waals surface area contributed by atoms with E-state index in [1.54, 1.807) is 0 Å². The zero-order valence-corrected chi connectivity index (χ0v) is 13.7. The average molecular weight is 287 g/mol. The molecule has 1 unspecified atom stereocenters. The highest BCUT2D eigenvalue weighted by atomic mass is 15.1. The zero-order chi connectivity index (χ0) is 15.1. The average Bonchev–Trinajstić information content (AvgIpc) is 2.88. The first-order valence-electron chi connectivity index (χ1n) is 8.47. The van der Waals surface area contributed by atoms with Gasteiger partial charge in [0.05, 0.1) is 11.0 Å². The fourth-order valence-electron chi connectivity index (χ4n) is 2.94. The number of benzene rings is 1. The van der Waals surface area contributed by atoms with Crippen molar-refractivity contribution in [3.05, 3.63) is 30.1 Å². The molecule has 0 aliphatic heterocycles. The van der Waals surface area contributed by atoms with Gasteiger partial charge in [0.2, 0.25) is 0 Å². The minimum atomic E-state index is 0.657. The van der Waals surface area contributed by atoms with Crippen LogP contribution in [0.3, 0.4) is 0 Å². The Bertz CT molecular complexity index is 544. The topological polar surface area (TPSA) is 29.9 Å². The maximum absolute atomic E-state index is 4.75. The van der Waals surface area contributed by atoms with Crippen LogP contribution in [0.5, 0.6) is 0 Å². The molecule has 0 bridgehead atoms. The third kappa shape index (κ3) is 4.07. The number of rotatable bonds is 9. The lowest BCUT2D eigenvalue weighted by molar-refractivity contribution is 0.439. The molecule has 116 valence electrons. The second-order valence-electron chi connectivity index (χ2n) is 5.72. The Labute approximate surface area is 128 Å². The van der Waals surface area contributed by atoms with Crippen molar-refractivity contribution in [1.29, 1.82) is 0 Å². The largest absolute Gasteiger partial charge is 0.328 e. The normalized spacial score (nSPS) is 12.9. The fraction of sp³-hybridized carbons (Fsp3) is 0.611. The van der Waals surface area contributed by atoms with Crippen molar-refractivity contribution in [3.63, 3.8) is 0 Å². The molecule has 0 fully saturated rings. The van der Waals surface area contributed by atoms with Gasteiger partial charge in [-0.25, -0.2) is 4.98 Å². The molecule has 0 radical (unpaired) electrons. The first-order chi connectivity index (χ1) is 10.3. The minimum Gasteiger partial charge on any atom is -0.328 e. The molecule has 3 nitrogen and oxygen atoms in total. The van der Waals surface area contributed by atoms with Crippen molar-refractivity contribution < 1.29 is 0 Å². The monoisotopic (exact) mass is 287 g/mol. The third-order valence-corrected chi connectivity index (χ3v) is 4.16. The van der Waals surface area contributed by atoms with Crippen molar-refractivity contribution in [2.75, 3.05) is 6.54 Å². The molecule has 0 aliphatic carbocycles. The third-order valence-electron chi connectivity index (χ3n) is 4.16. The minimum absolute atomic E-state index is 0.657. The quantitative estimate of drug-likeness (QED) is 0.750. The van der Waals surface area contributed by atoms with E-state index in [2.05, 4.69) is 54.9 Å². The molecule has 1 heterocycles. The van der Waals surface area contributed by atoms with Gasteiger partial charge in [-0.3, -0.25) is 0 Å². The van der Waals surface area contributed by atoms with Crippen LogP contribution < -0.4 is 5.32 Å². The predicted molar refractivity (Wildman–Crippen MR) is 90.7 cm³/mol. The van der Waals surface area contributed by atoms with E-state index < -0.39 is 0 Å². The van der Waals surface area contributed by atoms with Crippen LogP contribution in [-0.2, 0) is 13.0 Å². The van der Waals surface area contributed by atoms with Crippen LogP contribution in [0.15, 0.2) is 24.3 Å². The summed E-state index contributed by atoms with van der Waals surface area (Å²) in [5.74, 6) is 1.21. The molecule has 3 heteroatoms. The Kier molecular flexibility index (Phi) is 6.24. The summed E-state index contributed by atoms with van der Waals surface area (Å²) in [5.41, 5.74) is 2.41. The van der Waals surface area contributed by atoms with Gasteiger partial charge in [0.1, 0.15) is 5.82 Å². The van der Waals surface area contributed by atoms with Crippen LogP contribution in [0.2, 0.25) is 0 Å². The Morgan fingerprint density at radius 2 is 2.00 bits per heavy atom. The van der Waals surface area contributed by atoms with E-state index in [1.807, 2.05) is 0 Å². The summed E-state index contributed by atoms with van der Waals surface area (Å²) in [6, 6.07) is 9.14. The second-order valence-corrected chi connectivity index (χ2v) is 5.72. The van der Waals surface area contributed by atoms with Crippen LogP contribution >= 0.6 is 0 Å². The van der Waals surface area contributed by atoms with Crippen LogP contribution in [0.1, 0.15) is 52.3 Å². The number of fused-ring (bicyclic) bond motifs is 1. The number of aromatic nitrogens is 2. The zero-order valence-electron chi connectivity index (χ0n) is 13.7. The molecule has 0 spiro atoms. The van der Waals surface area contributed by atoms with Gasteiger partial charge in [-0.2, -0.15) is 0 Å². The summed E-state index contributed by atoms with van der Waals surface area (Å²) in [5, 5.41) is 3.64. The predicted octanol–water partition coefficient (Wildman–Crippen LogP) is 4.16. The summed E-state index contributed by atoms with van der Waals surface area (Å²) in [7, 11) is 0. The molecule has 1 N–H and O–H groups in total. The van der Waals surface area contributed by atoms with Gasteiger partial charge in [-0.1, -0.05) is 32.9 Å². The summed E-state index contributed by atoms with van der Waals surface area (Å²) < 4.78 is 2.40. The molecule has 2 rings (SSSR count). The smallest absolute Gasteiger partial charge is 0.109 e. The first-order valence-corrected chi connectivity index (χ1v) is 8.47. The van der Waals surface area contributed by atoms with Crippen molar-refractivity contribution in [2.45, 2.75) is 65.5 Å². The SMILES string of the molecule is CCCNC(CC)CCCn1c(CC)nc2ccccc21. The first kappa shape index (κ1) is 16.0. The Morgan fingerprint density at radius 3 is 2.71 bits per heavy atom. The van der Waals surface area contributed by atoms with E-state index in [0.717, 1.165) is 25.0 Å². The molecule has 0 saturated carbocycles. The van der Waals surface area contributed by atoms with E-state index in [9.17, 15) is 0 Å². The molecule has 0 saturated heterocycles. The number of imidazole rings is 1. The number of hydrogen-bond donors (Lipinski definition) is 1. The maximum atomic E-state index is 4.75. The highest BCUT2D eigenvalue weighted by Crippen LogP contribution is 2.17. The highest BCUT2D eigenvalue weighted by molar-refractivity contribution is 5.75. The van der Waals surface area contributed by atoms with Crippen molar-refractivity contribution in [1.82, 2.24) is 14.9 Å². The van der Waals surface area contributed by atoms with Gasteiger partial charge in [-0.15, -0.1) is 0 Å². The van der Waals surface area contributed by atoms with Gasteiger partial charge >= 0.3 is 0 Å². The summed E-state index contributed by atoms with van der Waals surface area (Å²) >= 11 is 0. The molecule has 0 aliphatic rings. The number of aryl methyl sites for hydroxylation is 2. The van der Waals surface area contributed by atoms with Crippen molar-refractivity contribution in [2.24, 2.45) is 0 Å². The lowest BCUT2D eigenvalue weighted by atomic mass is 10.1. The van der Waals surface area contributed by atoms with Crippen molar-refractivity contribution in [3.8, 4) is 0 Å². The summed E-state index contributed by atoms with van der Waals surface area (Å²) in [4.78, 5) is 4.75. The molecule has 0 amide bonds. The van der Waals surface area contributed by atoms with E-state index in [4.69, 9.17) is 4.98 Å². The number of para-hydroxylation sites is 2. The maximum Gasteiger partial charge on any atom is 0.109 e. The molecule has 21 heavy (non-hydrogen) atoms. The summed E-state index contributed by atoms with van der Waals surface area (Å²) in [6.45, 7) is 8.90. The van der Waals surface area contributed by atoms with Crippen LogP contribution in [0.25, 0.3) is 11.0 Å². The van der Waals surface area contributed by atoms with Gasteiger partial charge in [0.25, 0.3) is 0 Å². The highest BCUT2D eigenvalue weighted by Gasteiger charge is 2.10. The summed E-state index contributed by atoms with van der Waals surface area (Å²) in [6.07, 6.45) is 5.88. The number of hydrogen-bond acceptors (Lipinski definition) is 2. The van der Waals surface area contributed by atoms with Crippen LogP contribution in [-0.4, -0.2) is 22.1 Å². The number of nitrogens with one attached hydrogen (secondary N) is 1. The molecular weight excluding hydrogens is 258 g/mol. The fourth-order valence-corrected chi connectivity index (χ4v) is 2.94. The molecule has 1 atom stereocenters. The van der Waals surface area contributed by atoms with Crippen LogP contribution in [0, 0.1) is 0 Å². The van der Waals surface area contributed by atoms with Gasteiger partial charge in [-0.05, 0) is 44.4 Å².